The Morgan fingerprint density at radius 2 is 1.62 bits per heavy atom. The first-order valence-electron chi connectivity index (χ1n) is 10.6. The van der Waals surface area contributed by atoms with Crippen molar-refractivity contribution in [3.8, 4) is 0 Å². The van der Waals surface area contributed by atoms with Gasteiger partial charge in [-0.1, -0.05) is 41.6 Å². The molecule has 34 heavy (non-hydrogen) atoms. The molecule has 2 heterocycles. The lowest BCUT2D eigenvalue weighted by Gasteiger charge is -2.07. The van der Waals surface area contributed by atoms with Gasteiger partial charge in [-0.25, -0.2) is 0 Å². The van der Waals surface area contributed by atoms with Crippen molar-refractivity contribution in [3.63, 3.8) is 0 Å². The van der Waals surface area contributed by atoms with Crippen molar-refractivity contribution in [1.82, 2.24) is 19.9 Å². The van der Waals surface area contributed by atoms with E-state index in [2.05, 4.69) is 20.8 Å². The van der Waals surface area contributed by atoms with Gasteiger partial charge in [0, 0.05) is 24.0 Å². The highest BCUT2D eigenvalue weighted by Crippen LogP contribution is 2.19. The van der Waals surface area contributed by atoms with E-state index >= 15 is 0 Å². The van der Waals surface area contributed by atoms with Gasteiger partial charge >= 0.3 is 0 Å². The summed E-state index contributed by atoms with van der Waals surface area (Å²) in [5, 5.41) is 14.5. The third-order valence-electron chi connectivity index (χ3n) is 5.11. The first-order valence-corrected chi connectivity index (χ1v) is 11.6. The molecule has 2 aromatic carbocycles. The molecule has 2 amide bonds. The number of hydrogen-bond donors (Lipinski definition) is 2. The Bertz CT molecular complexity index is 1350. The van der Waals surface area contributed by atoms with Crippen molar-refractivity contribution in [2.24, 2.45) is 0 Å². The van der Waals surface area contributed by atoms with Gasteiger partial charge in [-0.3, -0.25) is 18.8 Å². The highest BCUT2D eigenvalue weighted by molar-refractivity contribution is 7.99. The number of thioether (sulfide) groups is 1. The molecule has 2 N–H and O–H groups in total. The number of carbonyl (C=O) groups is 3. The molecule has 0 spiro atoms. The Balaban J connectivity index is 1.37. The summed E-state index contributed by atoms with van der Waals surface area (Å²) < 4.78 is 1.69. The number of fused-ring (bicyclic) bond motifs is 1. The maximum atomic E-state index is 12.6. The number of anilines is 1. The summed E-state index contributed by atoms with van der Waals surface area (Å²) in [5.74, 6) is -0.349. The van der Waals surface area contributed by atoms with Crippen LogP contribution < -0.4 is 10.6 Å². The minimum atomic E-state index is -0.218. The lowest BCUT2D eigenvalue weighted by Crippen LogP contribution is -2.23. The maximum absolute atomic E-state index is 12.6. The second kappa shape index (κ2) is 10.3. The van der Waals surface area contributed by atoms with Crippen LogP contribution in [0, 0.1) is 6.92 Å². The number of ketones is 1. The molecule has 0 fully saturated rings. The van der Waals surface area contributed by atoms with Gasteiger partial charge in [0.1, 0.15) is 0 Å². The van der Waals surface area contributed by atoms with Gasteiger partial charge < -0.3 is 10.6 Å². The molecule has 0 unspecified atom stereocenters. The molecule has 0 atom stereocenters. The standard InChI is InChI=1S/C25H23N5O3S/c1-16-3-5-18(6-4-16)13-26-24(33)20-9-12-22-28-29-25(30(22)14-20)34-15-23(32)27-21-10-7-19(8-11-21)17(2)31/h3-12,14H,13,15H2,1-2H3,(H,26,33)(H,27,32). The number of amides is 2. The van der Waals surface area contributed by atoms with Gasteiger partial charge in [-0.05, 0) is 55.8 Å². The zero-order chi connectivity index (χ0) is 24.1. The third kappa shape index (κ3) is 5.68. The molecule has 0 aliphatic heterocycles. The first kappa shape index (κ1) is 23.2. The van der Waals surface area contributed by atoms with Crippen molar-refractivity contribution in [3.05, 3.63) is 89.1 Å². The van der Waals surface area contributed by atoms with Crippen LogP contribution in [0.15, 0.2) is 72.0 Å². The topological polar surface area (TPSA) is 105 Å². The predicted octanol–water partition coefficient (Wildman–Crippen LogP) is 3.90. The molecule has 4 rings (SSSR count). The number of hydrogen-bond acceptors (Lipinski definition) is 6. The molecule has 8 nitrogen and oxygen atoms in total. The lowest BCUT2D eigenvalue weighted by atomic mass is 10.1. The minimum Gasteiger partial charge on any atom is -0.348 e. The van der Waals surface area contributed by atoms with Crippen molar-refractivity contribution in [1.29, 1.82) is 0 Å². The van der Waals surface area contributed by atoms with Crippen LogP contribution in [0.4, 0.5) is 5.69 Å². The fourth-order valence-electron chi connectivity index (χ4n) is 3.21. The molecule has 2 aromatic heterocycles. The predicted molar refractivity (Wildman–Crippen MR) is 131 cm³/mol. The van der Waals surface area contributed by atoms with Crippen LogP contribution in [0.3, 0.4) is 0 Å². The number of pyridine rings is 1. The van der Waals surface area contributed by atoms with Crippen LogP contribution in [-0.2, 0) is 11.3 Å². The van der Waals surface area contributed by atoms with E-state index in [0.717, 1.165) is 11.1 Å². The fraction of sp³-hybridized carbons (Fsp3) is 0.160. The highest BCUT2D eigenvalue weighted by Gasteiger charge is 2.13. The van der Waals surface area contributed by atoms with E-state index in [1.54, 1.807) is 47.0 Å². The van der Waals surface area contributed by atoms with E-state index in [-0.39, 0.29) is 23.4 Å². The largest absolute Gasteiger partial charge is 0.348 e. The number of nitrogens with one attached hydrogen (secondary N) is 2. The molecule has 0 saturated carbocycles. The SMILES string of the molecule is CC(=O)c1ccc(NC(=O)CSc2nnc3ccc(C(=O)NCc4ccc(C)cc4)cn23)cc1. The number of carbonyl (C=O) groups excluding carboxylic acids is 3. The first-order chi connectivity index (χ1) is 16.4. The van der Waals surface area contributed by atoms with Gasteiger partial charge in [0.15, 0.2) is 16.6 Å². The van der Waals surface area contributed by atoms with E-state index in [4.69, 9.17) is 0 Å². The summed E-state index contributed by atoms with van der Waals surface area (Å²) in [6.07, 6.45) is 1.67. The molecule has 0 radical (unpaired) electrons. The van der Waals surface area contributed by atoms with Crippen molar-refractivity contribution in [2.75, 3.05) is 11.1 Å². The number of nitrogens with zero attached hydrogens (tertiary/aromatic N) is 3. The Hall–Kier alpha value is -3.98. The molecule has 9 heteroatoms. The summed E-state index contributed by atoms with van der Waals surface area (Å²) in [4.78, 5) is 36.4. The molecule has 0 saturated heterocycles. The Labute approximate surface area is 200 Å². The Morgan fingerprint density at radius 3 is 2.32 bits per heavy atom. The summed E-state index contributed by atoms with van der Waals surface area (Å²) in [7, 11) is 0. The van der Waals surface area contributed by atoms with Gasteiger partial charge in [0.2, 0.25) is 5.91 Å². The fourth-order valence-corrected chi connectivity index (χ4v) is 3.92. The second-order valence-electron chi connectivity index (χ2n) is 7.77. The van der Waals surface area contributed by atoms with E-state index in [1.807, 2.05) is 31.2 Å². The average molecular weight is 474 g/mol. The van der Waals surface area contributed by atoms with Gasteiger partial charge in [-0.2, -0.15) is 0 Å². The molecule has 172 valence electrons. The summed E-state index contributed by atoms with van der Waals surface area (Å²) >= 11 is 1.22. The van der Waals surface area contributed by atoms with Crippen LogP contribution in [-0.4, -0.2) is 37.9 Å². The smallest absolute Gasteiger partial charge is 0.253 e. The normalized spacial score (nSPS) is 10.8. The summed E-state index contributed by atoms with van der Waals surface area (Å²) in [6.45, 7) is 3.93. The lowest BCUT2D eigenvalue weighted by molar-refractivity contribution is -0.113. The molecule has 0 bridgehead atoms. The van der Waals surface area contributed by atoms with Crippen LogP contribution in [0.25, 0.3) is 5.65 Å². The van der Waals surface area contributed by atoms with Crippen LogP contribution in [0.2, 0.25) is 0 Å². The van der Waals surface area contributed by atoms with Crippen molar-refractivity contribution >= 4 is 40.7 Å². The van der Waals surface area contributed by atoms with Gasteiger partial charge in [0.25, 0.3) is 5.91 Å². The zero-order valence-electron chi connectivity index (χ0n) is 18.7. The quantitative estimate of drug-likeness (QED) is 0.297. The van der Waals surface area contributed by atoms with Gasteiger partial charge in [-0.15, -0.1) is 10.2 Å². The second-order valence-corrected chi connectivity index (χ2v) is 8.71. The highest BCUT2D eigenvalue weighted by atomic mass is 32.2. The number of aryl methyl sites for hydroxylation is 1. The van der Waals surface area contributed by atoms with Crippen molar-refractivity contribution in [2.45, 2.75) is 25.5 Å². The van der Waals surface area contributed by atoms with Crippen LogP contribution in [0.1, 0.15) is 38.8 Å². The van der Waals surface area contributed by atoms with E-state index < -0.39 is 0 Å². The van der Waals surface area contributed by atoms with E-state index in [0.29, 0.717) is 34.2 Å². The summed E-state index contributed by atoms with van der Waals surface area (Å²) in [6, 6.07) is 18.1. The molecule has 0 aliphatic rings. The number of rotatable bonds is 8. The number of benzene rings is 2. The zero-order valence-corrected chi connectivity index (χ0v) is 19.6. The molecular formula is C25H23N5O3S. The monoisotopic (exact) mass is 473 g/mol. The Morgan fingerprint density at radius 1 is 0.912 bits per heavy atom. The number of Topliss-reactive ketones (excluding diaryl/α,β-unsaturated/α-hetero) is 1. The molecular weight excluding hydrogens is 450 g/mol. The van der Waals surface area contributed by atoms with Gasteiger partial charge in [0.05, 0.1) is 11.3 Å². The number of aromatic nitrogens is 3. The van der Waals surface area contributed by atoms with E-state index in [9.17, 15) is 14.4 Å². The van der Waals surface area contributed by atoms with Crippen LogP contribution >= 0.6 is 11.8 Å². The van der Waals surface area contributed by atoms with Crippen LogP contribution in [0.5, 0.6) is 0 Å². The average Bonchev–Trinajstić information content (AvgIpc) is 3.25. The third-order valence-corrected chi connectivity index (χ3v) is 6.06. The minimum absolute atomic E-state index is 0.0321. The van der Waals surface area contributed by atoms with Crippen molar-refractivity contribution < 1.29 is 14.4 Å². The molecule has 0 aliphatic carbocycles. The molecule has 4 aromatic rings. The Kier molecular flexibility index (Phi) is 7.03. The maximum Gasteiger partial charge on any atom is 0.253 e. The summed E-state index contributed by atoms with van der Waals surface area (Å²) in [5.41, 5.74) is 4.42. The van der Waals surface area contributed by atoms with E-state index in [1.165, 1.54) is 18.7 Å².